The van der Waals surface area contributed by atoms with Gasteiger partial charge in [0.25, 0.3) is 5.91 Å². The highest BCUT2D eigenvalue weighted by atomic mass is 19.3. The van der Waals surface area contributed by atoms with Crippen molar-refractivity contribution in [2.45, 2.75) is 38.3 Å². The highest BCUT2D eigenvalue weighted by Gasteiger charge is 2.45. The largest absolute Gasteiger partial charge is 0.461 e. The second kappa shape index (κ2) is 6.93. The van der Waals surface area contributed by atoms with Gasteiger partial charge in [0, 0.05) is 6.54 Å². The Balaban J connectivity index is 1.88. The molecule has 0 aliphatic carbocycles. The molecule has 140 valence electrons. The lowest BCUT2D eigenvalue weighted by Gasteiger charge is -2.24. The van der Waals surface area contributed by atoms with Crippen molar-refractivity contribution in [3.63, 3.8) is 0 Å². The number of alkyl halides is 4. The van der Waals surface area contributed by atoms with E-state index in [0.717, 1.165) is 6.07 Å². The number of para-hydroxylation sites is 1. The zero-order chi connectivity index (χ0) is 18.9. The van der Waals surface area contributed by atoms with Crippen molar-refractivity contribution in [3.8, 4) is 5.75 Å². The predicted octanol–water partition coefficient (Wildman–Crippen LogP) is 3.33. The fourth-order valence-electron chi connectivity index (χ4n) is 2.87. The van der Waals surface area contributed by atoms with Crippen LogP contribution < -0.4 is 4.74 Å². The normalized spacial score (nSPS) is 17.8. The van der Waals surface area contributed by atoms with E-state index >= 15 is 0 Å². The molecule has 1 saturated heterocycles. The molecule has 3 rings (SSSR count). The topological polar surface area (TPSA) is 71.1 Å². The Bertz CT molecular complexity index is 796. The van der Waals surface area contributed by atoms with Gasteiger partial charge in [-0.3, -0.25) is 9.89 Å². The molecule has 1 fully saturated rings. The highest BCUT2D eigenvalue weighted by molar-refractivity contribution is 5.97. The Morgan fingerprint density at radius 3 is 2.77 bits per heavy atom. The average Bonchev–Trinajstić information content (AvgIpc) is 3.22. The van der Waals surface area contributed by atoms with Crippen LogP contribution in [0.25, 0.3) is 0 Å². The van der Waals surface area contributed by atoms with Crippen molar-refractivity contribution >= 4 is 5.91 Å². The van der Waals surface area contributed by atoms with Crippen molar-refractivity contribution in [2.24, 2.45) is 0 Å². The van der Waals surface area contributed by atoms with Crippen LogP contribution in [-0.4, -0.2) is 45.1 Å². The Labute approximate surface area is 146 Å². The van der Waals surface area contributed by atoms with Gasteiger partial charge in [0.2, 0.25) is 0 Å². The lowest BCUT2D eigenvalue weighted by Crippen LogP contribution is -2.35. The number of ether oxygens (including phenoxy) is 1. The summed E-state index contributed by atoms with van der Waals surface area (Å²) in [5.74, 6) is -0.195. The summed E-state index contributed by atoms with van der Waals surface area (Å²) in [6.07, 6.45) is -7.41. The molecule has 1 aromatic heterocycles. The minimum Gasteiger partial charge on any atom is -0.427 e. The Kier molecular flexibility index (Phi) is 4.84. The van der Waals surface area contributed by atoms with Gasteiger partial charge in [-0.05, 0) is 31.9 Å². The number of likely N-dealkylation sites (tertiary alicyclic amines) is 1. The number of amides is 1. The monoisotopic (exact) mass is 372 g/mol. The molecule has 0 bridgehead atoms. The van der Waals surface area contributed by atoms with E-state index in [4.69, 9.17) is 0 Å². The lowest BCUT2D eigenvalue weighted by molar-refractivity contribution is -0.253. The van der Waals surface area contributed by atoms with E-state index < -0.39 is 30.2 Å². The molecule has 2 aromatic rings. The predicted molar refractivity (Wildman–Crippen MR) is 82.2 cm³/mol. The number of hydrogen-bond acceptors (Lipinski definition) is 4. The Morgan fingerprint density at radius 2 is 2.12 bits per heavy atom. The minimum absolute atomic E-state index is 0.216. The van der Waals surface area contributed by atoms with E-state index in [2.05, 4.69) is 19.9 Å². The van der Waals surface area contributed by atoms with Crippen LogP contribution >= 0.6 is 0 Å². The van der Waals surface area contributed by atoms with Gasteiger partial charge in [0.05, 0.1) is 11.6 Å². The third-order valence-corrected chi connectivity index (χ3v) is 4.04. The van der Waals surface area contributed by atoms with Crippen LogP contribution in [0.5, 0.6) is 5.75 Å². The standard InChI is InChI=1S/C16H16F4N4O2/c1-9-21-13(23-22-9)11-6-4-8-24(11)14(25)10-5-2-3-7-12(10)26-16(19,20)15(17)18/h2-3,5,7,11,15H,4,6,8H2,1H3,(H,21,22,23)/t11-/m0/s1. The number of hydrogen-bond donors (Lipinski definition) is 1. The average molecular weight is 372 g/mol. The SMILES string of the molecule is Cc1nc([C@@H]2CCCN2C(=O)c2ccccc2OC(F)(F)C(F)F)n[nH]1. The molecule has 0 radical (unpaired) electrons. The molecule has 10 heteroatoms. The maximum absolute atomic E-state index is 13.3. The van der Waals surface area contributed by atoms with Crippen molar-refractivity contribution in [1.29, 1.82) is 0 Å². The van der Waals surface area contributed by atoms with Crippen molar-refractivity contribution in [3.05, 3.63) is 41.5 Å². The van der Waals surface area contributed by atoms with Crippen LogP contribution in [0.3, 0.4) is 0 Å². The summed E-state index contributed by atoms with van der Waals surface area (Å²) in [5, 5.41) is 6.74. The first-order chi connectivity index (χ1) is 12.3. The summed E-state index contributed by atoms with van der Waals surface area (Å²) in [6, 6.07) is 4.68. The number of benzene rings is 1. The number of H-pyrrole nitrogens is 1. The van der Waals surface area contributed by atoms with E-state index in [1.165, 1.54) is 23.1 Å². The third-order valence-electron chi connectivity index (χ3n) is 4.04. The molecule has 1 amide bonds. The van der Waals surface area contributed by atoms with E-state index in [-0.39, 0.29) is 5.56 Å². The molecule has 1 N–H and O–H groups in total. The fraction of sp³-hybridized carbons (Fsp3) is 0.438. The smallest absolute Gasteiger partial charge is 0.427 e. The molecular weight excluding hydrogens is 356 g/mol. The number of aromatic nitrogens is 3. The summed E-state index contributed by atoms with van der Waals surface area (Å²) >= 11 is 0. The van der Waals surface area contributed by atoms with Crippen LogP contribution in [0.15, 0.2) is 24.3 Å². The molecule has 1 aliphatic heterocycles. The Morgan fingerprint density at radius 1 is 1.38 bits per heavy atom. The number of rotatable bonds is 5. The maximum atomic E-state index is 13.3. The number of aromatic amines is 1. The molecule has 1 aromatic carbocycles. The number of aryl methyl sites for hydroxylation is 1. The molecular formula is C16H16F4N4O2. The number of carbonyl (C=O) groups excluding carboxylic acids is 1. The van der Waals surface area contributed by atoms with Gasteiger partial charge in [-0.1, -0.05) is 12.1 Å². The van der Waals surface area contributed by atoms with E-state index in [1.54, 1.807) is 6.92 Å². The van der Waals surface area contributed by atoms with Gasteiger partial charge in [0.15, 0.2) is 5.82 Å². The van der Waals surface area contributed by atoms with Gasteiger partial charge in [0.1, 0.15) is 11.6 Å². The van der Waals surface area contributed by atoms with E-state index in [9.17, 15) is 22.4 Å². The van der Waals surface area contributed by atoms with E-state index in [1.807, 2.05) is 0 Å². The first-order valence-electron chi connectivity index (χ1n) is 7.93. The summed E-state index contributed by atoms with van der Waals surface area (Å²) in [4.78, 5) is 18.5. The van der Waals surface area contributed by atoms with Crippen LogP contribution in [0.1, 0.15) is 40.9 Å². The van der Waals surface area contributed by atoms with Crippen LogP contribution in [0, 0.1) is 6.92 Å². The third kappa shape index (κ3) is 3.49. The van der Waals surface area contributed by atoms with E-state index in [0.29, 0.717) is 31.0 Å². The molecule has 1 atom stereocenters. The number of nitrogens with zero attached hydrogens (tertiary/aromatic N) is 3. The quantitative estimate of drug-likeness (QED) is 0.818. The first-order valence-corrected chi connectivity index (χ1v) is 7.93. The van der Waals surface area contributed by atoms with Crippen molar-refractivity contribution in [2.75, 3.05) is 6.54 Å². The Hall–Kier alpha value is -2.65. The molecule has 2 heterocycles. The van der Waals surface area contributed by atoms with Gasteiger partial charge in [-0.25, -0.2) is 4.98 Å². The van der Waals surface area contributed by atoms with Crippen LogP contribution in [0.2, 0.25) is 0 Å². The van der Waals surface area contributed by atoms with Crippen molar-refractivity contribution in [1.82, 2.24) is 20.1 Å². The second-order valence-corrected chi connectivity index (χ2v) is 5.90. The first kappa shape index (κ1) is 18.2. The number of carbonyl (C=O) groups is 1. The van der Waals surface area contributed by atoms with Crippen molar-refractivity contribution < 1.29 is 27.1 Å². The fourth-order valence-corrected chi connectivity index (χ4v) is 2.87. The maximum Gasteiger partial charge on any atom is 0.461 e. The summed E-state index contributed by atoms with van der Waals surface area (Å²) in [7, 11) is 0. The van der Waals surface area contributed by atoms with Gasteiger partial charge >= 0.3 is 12.5 Å². The summed E-state index contributed by atoms with van der Waals surface area (Å²) in [5.41, 5.74) is -0.216. The zero-order valence-corrected chi connectivity index (χ0v) is 13.8. The number of halogens is 4. The molecule has 1 aliphatic rings. The molecule has 26 heavy (non-hydrogen) atoms. The van der Waals surface area contributed by atoms with Gasteiger partial charge < -0.3 is 9.64 Å². The molecule has 0 unspecified atom stereocenters. The van der Waals surface area contributed by atoms with Crippen LogP contribution in [0.4, 0.5) is 17.6 Å². The molecule has 0 spiro atoms. The lowest BCUT2D eigenvalue weighted by atomic mass is 10.1. The highest BCUT2D eigenvalue weighted by Crippen LogP contribution is 2.35. The number of nitrogens with one attached hydrogen (secondary N) is 1. The summed E-state index contributed by atoms with van der Waals surface area (Å²) in [6.45, 7) is 2.09. The minimum atomic E-state index is -4.69. The molecule has 6 nitrogen and oxygen atoms in total. The zero-order valence-electron chi connectivity index (χ0n) is 13.8. The van der Waals surface area contributed by atoms with Gasteiger partial charge in [-0.15, -0.1) is 0 Å². The van der Waals surface area contributed by atoms with Gasteiger partial charge in [-0.2, -0.15) is 22.7 Å². The van der Waals surface area contributed by atoms with Crippen LogP contribution in [-0.2, 0) is 0 Å². The molecule has 0 saturated carbocycles. The second-order valence-electron chi connectivity index (χ2n) is 5.90. The summed E-state index contributed by atoms with van der Waals surface area (Å²) < 4.78 is 55.6.